The molecule has 0 amide bonds. The molecule has 0 N–H and O–H groups in total. The zero-order valence-corrected chi connectivity index (χ0v) is 9.38. The maximum Gasteiger partial charge on any atom is 0.0305 e. The van der Waals surface area contributed by atoms with Gasteiger partial charge in [0.05, 0.1) is 0 Å². The molecule has 0 saturated carbocycles. The molecule has 1 aliphatic rings. The van der Waals surface area contributed by atoms with Gasteiger partial charge in [0.25, 0.3) is 0 Å². The fraction of sp³-hybridized carbons (Fsp3) is 0.615. The molecule has 0 fully saturated rings. The van der Waals surface area contributed by atoms with Gasteiger partial charge < -0.3 is 0 Å². The first kappa shape index (κ1) is 9.70. The molecule has 76 valence electrons. The van der Waals surface area contributed by atoms with Crippen LogP contribution in [0.5, 0.6) is 0 Å². The van der Waals surface area contributed by atoms with Crippen molar-refractivity contribution < 1.29 is 0 Å². The number of hydrogen-bond donors (Lipinski definition) is 0. The van der Waals surface area contributed by atoms with Crippen LogP contribution in [0.3, 0.4) is 0 Å². The Labute approximate surface area is 86.6 Å². The van der Waals surface area contributed by atoms with Crippen molar-refractivity contribution in [3.8, 4) is 0 Å². The third-order valence-electron chi connectivity index (χ3n) is 3.31. The lowest BCUT2D eigenvalue weighted by Crippen LogP contribution is -2.23. The van der Waals surface area contributed by atoms with E-state index < -0.39 is 0 Å². The van der Waals surface area contributed by atoms with E-state index in [2.05, 4.69) is 38.0 Å². The SMILES string of the molecule is CC(C)(C)[C@H]1CCCc2ccncc21. The smallest absolute Gasteiger partial charge is 0.0305 e. The number of aromatic nitrogens is 1. The van der Waals surface area contributed by atoms with E-state index in [1.165, 1.54) is 30.4 Å². The molecule has 1 atom stereocenters. The quantitative estimate of drug-likeness (QED) is 0.608. The van der Waals surface area contributed by atoms with Crippen LogP contribution in [0.4, 0.5) is 0 Å². The van der Waals surface area contributed by atoms with Crippen molar-refractivity contribution in [1.29, 1.82) is 0 Å². The molecule has 1 heteroatoms. The van der Waals surface area contributed by atoms with Gasteiger partial charge in [-0.1, -0.05) is 20.8 Å². The van der Waals surface area contributed by atoms with Gasteiger partial charge in [-0.05, 0) is 47.8 Å². The molecule has 0 aliphatic heterocycles. The van der Waals surface area contributed by atoms with Gasteiger partial charge in [-0.25, -0.2) is 0 Å². The van der Waals surface area contributed by atoms with Crippen LogP contribution in [0, 0.1) is 5.41 Å². The number of fused-ring (bicyclic) bond motifs is 1. The summed E-state index contributed by atoms with van der Waals surface area (Å²) in [5, 5.41) is 0. The lowest BCUT2D eigenvalue weighted by Gasteiger charge is -2.35. The second kappa shape index (κ2) is 3.38. The second-order valence-corrected chi connectivity index (χ2v) is 5.39. The minimum Gasteiger partial charge on any atom is -0.264 e. The predicted molar refractivity (Wildman–Crippen MR) is 59.4 cm³/mol. The van der Waals surface area contributed by atoms with E-state index in [4.69, 9.17) is 0 Å². The first-order valence-corrected chi connectivity index (χ1v) is 5.52. The highest BCUT2D eigenvalue weighted by atomic mass is 14.6. The number of rotatable bonds is 0. The lowest BCUT2D eigenvalue weighted by molar-refractivity contribution is 0.289. The molecule has 0 saturated heterocycles. The van der Waals surface area contributed by atoms with Gasteiger partial charge in [0.2, 0.25) is 0 Å². The zero-order chi connectivity index (χ0) is 10.2. The number of pyridine rings is 1. The summed E-state index contributed by atoms with van der Waals surface area (Å²) in [6.45, 7) is 7.00. The summed E-state index contributed by atoms with van der Waals surface area (Å²) in [7, 11) is 0. The molecular formula is C13H19N. The minimum atomic E-state index is 0.373. The highest BCUT2D eigenvalue weighted by Crippen LogP contribution is 2.42. The van der Waals surface area contributed by atoms with E-state index >= 15 is 0 Å². The van der Waals surface area contributed by atoms with E-state index in [1.807, 2.05) is 6.20 Å². The molecule has 2 rings (SSSR count). The van der Waals surface area contributed by atoms with E-state index in [9.17, 15) is 0 Å². The lowest BCUT2D eigenvalue weighted by atomic mass is 9.70. The third-order valence-corrected chi connectivity index (χ3v) is 3.31. The van der Waals surface area contributed by atoms with Gasteiger partial charge in [-0.15, -0.1) is 0 Å². The van der Waals surface area contributed by atoms with Gasteiger partial charge >= 0.3 is 0 Å². The second-order valence-electron chi connectivity index (χ2n) is 5.39. The Morgan fingerprint density at radius 2 is 2.14 bits per heavy atom. The van der Waals surface area contributed by atoms with Gasteiger partial charge in [0.15, 0.2) is 0 Å². The largest absolute Gasteiger partial charge is 0.264 e. The summed E-state index contributed by atoms with van der Waals surface area (Å²) in [5.74, 6) is 0.694. The van der Waals surface area contributed by atoms with Crippen LogP contribution in [0.2, 0.25) is 0 Å². The van der Waals surface area contributed by atoms with Crippen LogP contribution >= 0.6 is 0 Å². The van der Waals surface area contributed by atoms with Gasteiger partial charge in [-0.2, -0.15) is 0 Å². The molecule has 14 heavy (non-hydrogen) atoms. The molecule has 0 spiro atoms. The van der Waals surface area contributed by atoms with Gasteiger partial charge in [0, 0.05) is 12.4 Å². The van der Waals surface area contributed by atoms with Crippen molar-refractivity contribution in [3.05, 3.63) is 29.6 Å². The van der Waals surface area contributed by atoms with Crippen LogP contribution in [0.15, 0.2) is 18.5 Å². The average molecular weight is 189 g/mol. The molecule has 1 nitrogen and oxygen atoms in total. The van der Waals surface area contributed by atoms with Crippen LogP contribution in [0.25, 0.3) is 0 Å². The fourth-order valence-corrected chi connectivity index (χ4v) is 2.53. The molecule has 0 bridgehead atoms. The Hall–Kier alpha value is -0.850. The van der Waals surface area contributed by atoms with Crippen molar-refractivity contribution in [3.63, 3.8) is 0 Å². The Kier molecular flexibility index (Phi) is 2.34. The standard InChI is InChI=1S/C13H19N/c1-13(2,3)12-6-4-5-10-7-8-14-9-11(10)12/h7-9,12H,4-6H2,1-3H3/t12-/m0/s1. The molecule has 0 unspecified atom stereocenters. The third kappa shape index (κ3) is 1.68. The Morgan fingerprint density at radius 1 is 1.36 bits per heavy atom. The van der Waals surface area contributed by atoms with Crippen LogP contribution in [-0.2, 0) is 6.42 Å². The normalized spacial score (nSPS) is 21.8. The van der Waals surface area contributed by atoms with Crippen molar-refractivity contribution >= 4 is 0 Å². The van der Waals surface area contributed by atoms with E-state index in [0.717, 1.165) is 0 Å². The maximum absolute atomic E-state index is 4.26. The summed E-state index contributed by atoms with van der Waals surface area (Å²) in [6.07, 6.45) is 7.89. The predicted octanol–water partition coefficient (Wildman–Crippen LogP) is 3.55. The summed E-state index contributed by atoms with van der Waals surface area (Å²) < 4.78 is 0. The minimum absolute atomic E-state index is 0.373. The molecule has 1 aliphatic carbocycles. The Morgan fingerprint density at radius 3 is 2.86 bits per heavy atom. The van der Waals surface area contributed by atoms with Crippen LogP contribution in [0.1, 0.15) is 50.7 Å². The molecule has 1 aromatic rings. The summed E-state index contributed by atoms with van der Waals surface area (Å²) in [6, 6.07) is 2.19. The topological polar surface area (TPSA) is 12.9 Å². The monoisotopic (exact) mass is 189 g/mol. The highest BCUT2D eigenvalue weighted by molar-refractivity contribution is 5.30. The maximum atomic E-state index is 4.26. The first-order chi connectivity index (χ1) is 6.59. The molecular weight excluding hydrogens is 170 g/mol. The molecule has 0 aromatic carbocycles. The summed E-state index contributed by atoms with van der Waals surface area (Å²) in [4.78, 5) is 4.26. The van der Waals surface area contributed by atoms with Crippen molar-refractivity contribution in [1.82, 2.24) is 4.98 Å². The fourth-order valence-electron chi connectivity index (χ4n) is 2.53. The van der Waals surface area contributed by atoms with E-state index in [1.54, 1.807) is 0 Å². The van der Waals surface area contributed by atoms with Crippen LogP contribution < -0.4 is 0 Å². The van der Waals surface area contributed by atoms with E-state index in [0.29, 0.717) is 11.3 Å². The molecule has 1 aromatic heterocycles. The van der Waals surface area contributed by atoms with Crippen molar-refractivity contribution in [2.24, 2.45) is 5.41 Å². The van der Waals surface area contributed by atoms with Crippen molar-refractivity contribution in [2.75, 3.05) is 0 Å². The van der Waals surface area contributed by atoms with Crippen molar-refractivity contribution in [2.45, 2.75) is 46.0 Å². The first-order valence-electron chi connectivity index (χ1n) is 5.52. The summed E-state index contributed by atoms with van der Waals surface area (Å²) in [5.41, 5.74) is 3.38. The highest BCUT2D eigenvalue weighted by Gasteiger charge is 2.30. The van der Waals surface area contributed by atoms with Gasteiger partial charge in [-0.3, -0.25) is 4.98 Å². The van der Waals surface area contributed by atoms with Gasteiger partial charge in [0.1, 0.15) is 0 Å². The van der Waals surface area contributed by atoms with Crippen LogP contribution in [-0.4, -0.2) is 4.98 Å². The molecule has 0 radical (unpaired) electrons. The summed E-state index contributed by atoms with van der Waals surface area (Å²) >= 11 is 0. The number of hydrogen-bond acceptors (Lipinski definition) is 1. The Balaban J connectivity index is 2.41. The zero-order valence-electron chi connectivity index (χ0n) is 9.38. The average Bonchev–Trinajstić information content (AvgIpc) is 2.15. The Bertz CT molecular complexity index is 322. The number of aryl methyl sites for hydroxylation is 1. The molecule has 1 heterocycles. The number of nitrogens with zero attached hydrogens (tertiary/aromatic N) is 1. The van der Waals surface area contributed by atoms with E-state index in [-0.39, 0.29) is 0 Å².